The highest BCUT2D eigenvalue weighted by atomic mass is 14.0. The van der Waals surface area contributed by atoms with Crippen molar-refractivity contribution >= 4 is 21.5 Å². The van der Waals surface area contributed by atoms with E-state index in [1.165, 1.54) is 27.1 Å². The van der Waals surface area contributed by atoms with E-state index in [1.807, 2.05) is 0 Å². The Morgan fingerprint density at radius 2 is 1.35 bits per heavy atom. The van der Waals surface area contributed by atoms with Crippen LogP contribution >= 0.6 is 0 Å². The fourth-order valence-electron chi connectivity index (χ4n) is 2.15. The highest BCUT2D eigenvalue weighted by Crippen LogP contribution is 2.21. The van der Waals surface area contributed by atoms with Gasteiger partial charge in [0.1, 0.15) is 0 Å². The van der Waals surface area contributed by atoms with Crippen molar-refractivity contribution in [1.82, 2.24) is 0 Å². The molecule has 3 rings (SSSR count). The second-order valence-electron chi connectivity index (χ2n) is 4.43. The van der Waals surface area contributed by atoms with Gasteiger partial charge < -0.3 is 0 Å². The molecule has 0 unspecified atom stereocenters. The Hall–Kier alpha value is -2.08. The highest BCUT2D eigenvalue weighted by Gasteiger charge is 1.95. The van der Waals surface area contributed by atoms with Crippen molar-refractivity contribution in [3.05, 3.63) is 72.3 Å². The molecular formula is C17H14. The minimum atomic E-state index is 1.25. The van der Waals surface area contributed by atoms with Gasteiger partial charge in [-0.25, -0.2) is 0 Å². The van der Waals surface area contributed by atoms with Crippen molar-refractivity contribution < 1.29 is 0 Å². The van der Waals surface area contributed by atoms with Gasteiger partial charge in [-0.3, -0.25) is 0 Å². The summed E-state index contributed by atoms with van der Waals surface area (Å²) in [6.45, 7) is 2.12. The number of fused-ring (bicyclic) bond motifs is 1. The molecule has 2 bridgehead atoms. The Labute approximate surface area is 101 Å². The maximum atomic E-state index is 2.25. The van der Waals surface area contributed by atoms with Crippen LogP contribution in [-0.4, -0.2) is 0 Å². The van der Waals surface area contributed by atoms with Gasteiger partial charge in [-0.1, -0.05) is 66.2 Å². The van der Waals surface area contributed by atoms with Crippen LogP contribution in [0.25, 0.3) is 21.5 Å². The van der Waals surface area contributed by atoms with E-state index in [1.54, 1.807) is 0 Å². The largest absolute Gasteiger partial charge is 0.0614 e. The second-order valence-corrected chi connectivity index (χ2v) is 4.43. The molecule has 0 nitrogen and oxygen atoms in total. The van der Waals surface area contributed by atoms with E-state index in [2.05, 4.69) is 73.7 Å². The van der Waals surface area contributed by atoms with Crippen LogP contribution in [-0.2, 0) is 0 Å². The molecule has 0 spiro atoms. The number of hydrogen-bond acceptors (Lipinski definition) is 0. The van der Waals surface area contributed by atoms with E-state index in [9.17, 15) is 0 Å². The van der Waals surface area contributed by atoms with Gasteiger partial charge in [0.15, 0.2) is 0 Å². The Morgan fingerprint density at radius 1 is 0.647 bits per heavy atom. The lowest BCUT2D eigenvalue weighted by atomic mass is 10.0. The van der Waals surface area contributed by atoms with Gasteiger partial charge in [-0.15, -0.1) is 0 Å². The van der Waals surface area contributed by atoms with E-state index < -0.39 is 0 Å². The van der Waals surface area contributed by atoms with Crippen LogP contribution in [0.4, 0.5) is 0 Å². The van der Waals surface area contributed by atoms with Crippen LogP contribution in [0, 0.1) is 6.92 Å². The van der Waals surface area contributed by atoms with E-state index in [0.717, 1.165) is 0 Å². The van der Waals surface area contributed by atoms with Crippen LogP contribution in [0.1, 0.15) is 5.56 Å². The molecule has 0 fully saturated rings. The minimum Gasteiger partial charge on any atom is -0.0614 e. The Balaban J connectivity index is 2.54. The Kier molecular flexibility index (Phi) is 2.41. The predicted octanol–water partition coefficient (Wildman–Crippen LogP) is 4.86. The summed E-state index contributed by atoms with van der Waals surface area (Å²) in [4.78, 5) is 0. The second kappa shape index (κ2) is 4.06. The molecule has 0 atom stereocenters. The third-order valence-corrected chi connectivity index (χ3v) is 3.11. The molecule has 0 saturated heterocycles. The average Bonchev–Trinajstić information content (AvgIpc) is 2.36. The quantitative estimate of drug-likeness (QED) is 0.505. The third kappa shape index (κ3) is 1.94. The topological polar surface area (TPSA) is 0 Å². The zero-order chi connectivity index (χ0) is 11.7. The van der Waals surface area contributed by atoms with Crippen LogP contribution in [0.15, 0.2) is 66.7 Å². The van der Waals surface area contributed by atoms with Gasteiger partial charge in [0, 0.05) is 0 Å². The summed E-state index contributed by atoms with van der Waals surface area (Å²) in [5.74, 6) is 0. The molecule has 0 heteroatoms. The molecule has 0 N–H and O–H groups in total. The van der Waals surface area contributed by atoms with Gasteiger partial charge in [0.25, 0.3) is 0 Å². The summed E-state index contributed by atoms with van der Waals surface area (Å²) in [5, 5.41) is 5.16. The zero-order valence-corrected chi connectivity index (χ0v) is 9.85. The molecule has 0 aliphatic rings. The fraction of sp³-hybridized carbons (Fsp3) is 0.0588. The lowest BCUT2D eigenvalue weighted by Gasteiger charge is -2.00. The monoisotopic (exact) mass is 218 g/mol. The molecule has 0 aliphatic carbocycles. The van der Waals surface area contributed by atoms with Gasteiger partial charge >= 0.3 is 0 Å². The van der Waals surface area contributed by atoms with Crippen molar-refractivity contribution in [2.45, 2.75) is 6.92 Å². The van der Waals surface area contributed by atoms with Gasteiger partial charge in [0.05, 0.1) is 0 Å². The molecule has 17 heavy (non-hydrogen) atoms. The number of rotatable bonds is 0. The van der Waals surface area contributed by atoms with E-state index in [4.69, 9.17) is 0 Å². The predicted molar refractivity (Wildman–Crippen MR) is 75.0 cm³/mol. The summed E-state index contributed by atoms with van der Waals surface area (Å²) < 4.78 is 0. The maximum Gasteiger partial charge on any atom is -0.0105 e. The van der Waals surface area contributed by atoms with Crippen molar-refractivity contribution in [1.29, 1.82) is 0 Å². The van der Waals surface area contributed by atoms with Crippen LogP contribution in [0.3, 0.4) is 0 Å². The summed E-state index contributed by atoms with van der Waals surface area (Å²) in [7, 11) is 0. The molecule has 0 amide bonds. The summed E-state index contributed by atoms with van der Waals surface area (Å²) in [6.07, 6.45) is 0. The third-order valence-electron chi connectivity index (χ3n) is 3.11. The standard InChI is InChI=1S/C17H14/c1-13-4-2-5-14-9-11-16-7-3-6-15(10-8-13)17(16)12-14/h2-12H,1H3. The molecule has 3 aromatic rings. The molecule has 0 radical (unpaired) electrons. The number of aryl methyl sites for hydroxylation is 1. The first kappa shape index (κ1) is 10.1. The van der Waals surface area contributed by atoms with Crippen molar-refractivity contribution in [2.24, 2.45) is 0 Å². The average molecular weight is 218 g/mol. The maximum absolute atomic E-state index is 2.25. The fourth-order valence-corrected chi connectivity index (χ4v) is 2.15. The molecule has 82 valence electrons. The van der Waals surface area contributed by atoms with E-state index >= 15 is 0 Å². The van der Waals surface area contributed by atoms with Gasteiger partial charge in [-0.05, 0) is 34.5 Å². The van der Waals surface area contributed by atoms with Crippen molar-refractivity contribution in [3.63, 3.8) is 0 Å². The molecule has 3 aromatic carbocycles. The summed E-state index contributed by atoms with van der Waals surface area (Å²) >= 11 is 0. The first-order valence-corrected chi connectivity index (χ1v) is 5.89. The first-order valence-electron chi connectivity index (χ1n) is 5.89. The summed E-state index contributed by atoms with van der Waals surface area (Å²) in [6, 6.07) is 23.8. The number of hydrogen-bond donors (Lipinski definition) is 0. The van der Waals surface area contributed by atoms with Crippen LogP contribution < -0.4 is 0 Å². The highest BCUT2D eigenvalue weighted by molar-refractivity contribution is 6.00. The van der Waals surface area contributed by atoms with E-state index in [-0.39, 0.29) is 0 Å². The molecule has 0 heterocycles. The van der Waals surface area contributed by atoms with Crippen LogP contribution in [0.2, 0.25) is 0 Å². The van der Waals surface area contributed by atoms with Crippen molar-refractivity contribution in [2.75, 3.05) is 0 Å². The normalized spacial score (nSPS) is 10.6. The summed E-state index contributed by atoms with van der Waals surface area (Å²) in [5.41, 5.74) is 1.27. The van der Waals surface area contributed by atoms with Crippen LogP contribution in [0.5, 0.6) is 0 Å². The Bertz CT molecular complexity index is 709. The lowest BCUT2D eigenvalue weighted by Crippen LogP contribution is -1.74. The zero-order valence-electron chi connectivity index (χ0n) is 9.85. The SMILES string of the molecule is Cc1cccc2ccc3cccc(cc1)c3c2. The van der Waals surface area contributed by atoms with E-state index in [0.29, 0.717) is 0 Å². The first-order chi connectivity index (χ1) is 8.33. The molecular weight excluding hydrogens is 204 g/mol. The van der Waals surface area contributed by atoms with Gasteiger partial charge in [-0.2, -0.15) is 0 Å². The van der Waals surface area contributed by atoms with Crippen molar-refractivity contribution in [3.8, 4) is 0 Å². The molecule has 0 saturated carbocycles. The number of benzene rings is 2. The molecule has 0 aromatic heterocycles. The Morgan fingerprint density at radius 3 is 2.18 bits per heavy atom. The smallest absolute Gasteiger partial charge is 0.0105 e. The minimum absolute atomic E-state index is 1.25. The molecule has 0 aliphatic heterocycles. The van der Waals surface area contributed by atoms with Gasteiger partial charge in [0.2, 0.25) is 0 Å². The lowest BCUT2D eigenvalue weighted by molar-refractivity contribution is 1.50.